The Hall–Kier alpha value is -2.22. The molecule has 3 rings (SSSR count). The molecular formula is C23H30N2O4S. The molecule has 1 atom stereocenters. The Balaban J connectivity index is 1.75. The number of ether oxygens (including phenoxy) is 1. The van der Waals surface area contributed by atoms with E-state index >= 15 is 0 Å². The standard InChI is InChI=1S/C23H30N2O4S/c1-17-7-12-21(30(27,28)25-13-5-4-6-18(25)2)14-22(17)23(26)24-15-19-8-10-20(11-9-19)16-29-3/h7-12,14,18H,4-6,13,15-16H2,1-3H3,(H,24,26). The van der Waals surface area contributed by atoms with E-state index in [-0.39, 0.29) is 16.8 Å². The summed E-state index contributed by atoms with van der Waals surface area (Å²) >= 11 is 0. The predicted molar refractivity (Wildman–Crippen MR) is 117 cm³/mol. The van der Waals surface area contributed by atoms with E-state index in [9.17, 15) is 13.2 Å². The van der Waals surface area contributed by atoms with Crippen LogP contribution < -0.4 is 5.32 Å². The molecule has 1 saturated heterocycles. The van der Waals surface area contributed by atoms with Crippen molar-refractivity contribution in [3.63, 3.8) is 0 Å². The summed E-state index contributed by atoms with van der Waals surface area (Å²) in [6, 6.07) is 12.6. The second kappa shape index (κ2) is 9.73. The molecule has 30 heavy (non-hydrogen) atoms. The smallest absolute Gasteiger partial charge is 0.251 e. The van der Waals surface area contributed by atoms with Gasteiger partial charge in [-0.1, -0.05) is 36.8 Å². The monoisotopic (exact) mass is 430 g/mol. The van der Waals surface area contributed by atoms with Crippen LogP contribution in [0.5, 0.6) is 0 Å². The largest absolute Gasteiger partial charge is 0.380 e. The fourth-order valence-corrected chi connectivity index (χ4v) is 5.49. The van der Waals surface area contributed by atoms with Gasteiger partial charge in [0.15, 0.2) is 0 Å². The highest BCUT2D eigenvalue weighted by Gasteiger charge is 2.31. The van der Waals surface area contributed by atoms with Crippen molar-refractivity contribution < 1.29 is 17.9 Å². The first-order valence-electron chi connectivity index (χ1n) is 10.3. The van der Waals surface area contributed by atoms with Crippen LogP contribution in [0.4, 0.5) is 0 Å². The molecule has 7 heteroatoms. The zero-order valence-electron chi connectivity index (χ0n) is 17.8. The molecule has 1 aliphatic rings. The van der Waals surface area contributed by atoms with E-state index in [2.05, 4.69) is 5.32 Å². The van der Waals surface area contributed by atoms with Gasteiger partial charge in [-0.15, -0.1) is 0 Å². The lowest BCUT2D eigenvalue weighted by atomic mass is 10.1. The lowest BCUT2D eigenvalue weighted by Crippen LogP contribution is -2.42. The summed E-state index contributed by atoms with van der Waals surface area (Å²) in [7, 11) is -1.97. The molecular weight excluding hydrogens is 400 g/mol. The van der Waals surface area contributed by atoms with Gasteiger partial charge >= 0.3 is 0 Å². The number of methoxy groups -OCH3 is 1. The molecule has 0 saturated carbocycles. The van der Waals surface area contributed by atoms with E-state index in [1.807, 2.05) is 38.1 Å². The number of carbonyl (C=O) groups excluding carboxylic acids is 1. The van der Waals surface area contributed by atoms with Crippen LogP contribution in [0, 0.1) is 6.92 Å². The van der Waals surface area contributed by atoms with Gasteiger partial charge in [-0.05, 0) is 55.5 Å². The van der Waals surface area contributed by atoms with Crippen LogP contribution >= 0.6 is 0 Å². The number of nitrogens with one attached hydrogen (secondary N) is 1. The molecule has 1 N–H and O–H groups in total. The molecule has 1 aliphatic heterocycles. The molecule has 2 aromatic rings. The van der Waals surface area contributed by atoms with Crippen LogP contribution in [0.3, 0.4) is 0 Å². The first-order valence-corrected chi connectivity index (χ1v) is 11.7. The van der Waals surface area contributed by atoms with Crippen molar-refractivity contribution in [3.8, 4) is 0 Å². The highest BCUT2D eigenvalue weighted by atomic mass is 32.2. The lowest BCUT2D eigenvalue weighted by molar-refractivity contribution is 0.0950. The van der Waals surface area contributed by atoms with Gasteiger partial charge in [0.2, 0.25) is 10.0 Å². The number of sulfonamides is 1. The normalized spacial score (nSPS) is 17.6. The quantitative estimate of drug-likeness (QED) is 0.728. The molecule has 0 aliphatic carbocycles. The zero-order chi connectivity index (χ0) is 21.7. The highest BCUT2D eigenvalue weighted by Crippen LogP contribution is 2.26. The molecule has 6 nitrogen and oxygen atoms in total. The topological polar surface area (TPSA) is 75.7 Å². The van der Waals surface area contributed by atoms with Crippen molar-refractivity contribution in [2.45, 2.75) is 57.2 Å². The number of piperidine rings is 1. The summed E-state index contributed by atoms with van der Waals surface area (Å²) in [5.41, 5.74) is 3.16. The van der Waals surface area contributed by atoms with Gasteiger partial charge in [0.1, 0.15) is 0 Å². The Morgan fingerprint density at radius 3 is 2.50 bits per heavy atom. The molecule has 1 fully saturated rings. The Kier molecular flexibility index (Phi) is 7.28. The van der Waals surface area contributed by atoms with Crippen LogP contribution in [0.2, 0.25) is 0 Å². The van der Waals surface area contributed by atoms with E-state index < -0.39 is 10.0 Å². The fraction of sp³-hybridized carbons (Fsp3) is 0.435. The van der Waals surface area contributed by atoms with Gasteiger partial charge in [-0.3, -0.25) is 4.79 Å². The van der Waals surface area contributed by atoms with E-state index in [0.29, 0.717) is 25.3 Å². The minimum Gasteiger partial charge on any atom is -0.380 e. The molecule has 2 aromatic carbocycles. The molecule has 0 radical (unpaired) electrons. The number of amides is 1. The zero-order valence-corrected chi connectivity index (χ0v) is 18.7. The molecule has 0 aromatic heterocycles. The molecule has 0 bridgehead atoms. The van der Waals surface area contributed by atoms with E-state index in [4.69, 9.17) is 4.74 Å². The molecule has 1 amide bonds. The third kappa shape index (κ3) is 5.09. The van der Waals surface area contributed by atoms with E-state index in [0.717, 1.165) is 36.0 Å². The van der Waals surface area contributed by atoms with E-state index in [1.165, 1.54) is 6.07 Å². The summed E-state index contributed by atoms with van der Waals surface area (Å²) in [4.78, 5) is 13.0. The third-order valence-corrected chi connectivity index (χ3v) is 7.60. The first-order chi connectivity index (χ1) is 14.3. The number of benzene rings is 2. The van der Waals surface area contributed by atoms with Gasteiger partial charge in [0.05, 0.1) is 11.5 Å². The summed E-state index contributed by atoms with van der Waals surface area (Å²) in [5, 5.41) is 2.90. The van der Waals surface area contributed by atoms with Crippen molar-refractivity contribution in [2.24, 2.45) is 0 Å². The van der Waals surface area contributed by atoms with Crippen LogP contribution in [-0.2, 0) is 27.9 Å². The van der Waals surface area contributed by atoms with Crippen LogP contribution in [-0.4, -0.2) is 38.3 Å². The average molecular weight is 431 g/mol. The second-order valence-corrected chi connectivity index (χ2v) is 9.76. The van der Waals surface area contributed by atoms with Crippen LogP contribution in [0.15, 0.2) is 47.4 Å². The summed E-state index contributed by atoms with van der Waals surface area (Å²) in [6.45, 7) is 5.19. The van der Waals surface area contributed by atoms with Gasteiger partial charge in [-0.25, -0.2) is 8.42 Å². The van der Waals surface area contributed by atoms with Crippen LogP contribution in [0.25, 0.3) is 0 Å². The predicted octanol–water partition coefficient (Wildman–Crippen LogP) is 3.63. The minimum absolute atomic E-state index is 0.0246. The molecule has 1 heterocycles. The average Bonchev–Trinajstić information content (AvgIpc) is 2.73. The van der Waals surface area contributed by atoms with Crippen molar-refractivity contribution >= 4 is 15.9 Å². The second-order valence-electron chi connectivity index (χ2n) is 7.87. The number of nitrogens with zero attached hydrogens (tertiary/aromatic N) is 1. The van der Waals surface area contributed by atoms with Crippen LogP contribution in [0.1, 0.15) is 53.2 Å². The highest BCUT2D eigenvalue weighted by molar-refractivity contribution is 7.89. The maximum atomic E-state index is 13.1. The van der Waals surface area contributed by atoms with Gasteiger partial charge in [-0.2, -0.15) is 4.31 Å². The number of hydrogen-bond donors (Lipinski definition) is 1. The fourth-order valence-electron chi connectivity index (χ4n) is 3.77. The number of hydrogen-bond acceptors (Lipinski definition) is 4. The molecule has 1 unspecified atom stereocenters. The Labute approximate surface area is 179 Å². The summed E-state index contributed by atoms with van der Waals surface area (Å²) in [5.74, 6) is -0.280. The van der Waals surface area contributed by atoms with Crippen molar-refractivity contribution in [2.75, 3.05) is 13.7 Å². The van der Waals surface area contributed by atoms with Gasteiger partial charge in [0.25, 0.3) is 5.91 Å². The summed E-state index contributed by atoms with van der Waals surface area (Å²) < 4.78 is 32.9. The lowest BCUT2D eigenvalue weighted by Gasteiger charge is -2.32. The number of aryl methyl sites for hydroxylation is 1. The third-order valence-electron chi connectivity index (χ3n) is 5.59. The summed E-state index contributed by atoms with van der Waals surface area (Å²) in [6.07, 6.45) is 2.77. The number of rotatable bonds is 7. The molecule has 162 valence electrons. The Morgan fingerprint density at radius 2 is 1.83 bits per heavy atom. The number of carbonyl (C=O) groups is 1. The first kappa shape index (κ1) is 22.5. The maximum Gasteiger partial charge on any atom is 0.251 e. The van der Waals surface area contributed by atoms with Crippen molar-refractivity contribution in [3.05, 3.63) is 64.7 Å². The SMILES string of the molecule is COCc1ccc(CNC(=O)c2cc(S(=O)(=O)N3CCCCC3C)ccc2C)cc1. The Morgan fingerprint density at radius 1 is 1.13 bits per heavy atom. The molecule has 0 spiro atoms. The van der Waals surface area contributed by atoms with Gasteiger partial charge in [0, 0.05) is 31.8 Å². The van der Waals surface area contributed by atoms with Gasteiger partial charge < -0.3 is 10.1 Å². The Bertz CT molecular complexity index is 987. The minimum atomic E-state index is -3.62. The maximum absolute atomic E-state index is 13.1. The van der Waals surface area contributed by atoms with E-state index in [1.54, 1.807) is 23.5 Å². The van der Waals surface area contributed by atoms with Crippen molar-refractivity contribution in [1.82, 2.24) is 9.62 Å². The van der Waals surface area contributed by atoms with Crippen molar-refractivity contribution in [1.29, 1.82) is 0 Å².